The number of nitrogens with zero attached hydrogens (tertiary/aromatic N) is 3. The number of oxime groups is 1. The number of terminal acetylenes is 1. The van der Waals surface area contributed by atoms with Crippen LogP contribution < -0.4 is 15.4 Å². The second-order valence-corrected chi connectivity index (χ2v) is 7.01. The smallest absolute Gasteiger partial charge is 0.203 e. The van der Waals surface area contributed by atoms with Gasteiger partial charge in [0, 0.05) is 25.0 Å². The second-order valence-electron chi connectivity index (χ2n) is 5.04. The molecule has 138 valence electrons. The topological polar surface area (TPSA) is 149 Å². The first-order chi connectivity index (χ1) is 12.3. The van der Waals surface area contributed by atoms with Gasteiger partial charge in [-0.1, -0.05) is 11.1 Å². The first kappa shape index (κ1) is 19.2. The molecule has 0 saturated carbocycles. The molecule has 0 bridgehead atoms. The van der Waals surface area contributed by atoms with Crippen LogP contribution in [0.2, 0.25) is 0 Å². The number of rotatable bonds is 7. The molecule has 0 aliphatic carbocycles. The Morgan fingerprint density at radius 3 is 2.92 bits per heavy atom. The van der Waals surface area contributed by atoms with E-state index in [4.69, 9.17) is 11.2 Å². The zero-order chi connectivity index (χ0) is 19.2. The molecule has 0 saturated heterocycles. The van der Waals surface area contributed by atoms with Gasteiger partial charge in [0.1, 0.15) is 15.7 Å². The molecule has 12 heteroatoms. The van der Waals surface area contributed by atoms with Gasteiger partial charge in [0.15, 0.2) is 5.69 Å². The average Bonchev–Trinajstić information content (AvgIpc) is 3.05. The van der Waals surface area contributed by atoms with E-state index in [0.29, 0.717) is 5.69 Å². The Kier molecular flexibility index (Phi) is 6.10. The van der Waals surface area contributed by atoms with Gasteiger partial charge in [0.2, 0.25) is 11.7 Å². The fourth-order valence-corrected chi connectivity index (χ4v) is 2.36. The maximum atomic E-state index is 13.4. The van der Waals surface area contributed by atoms with Gasteiger partial charge in [-0.15, -0.1) is 6.42 Å². The number of anilines is 2. The molecule has 0 fully saturated rings. The van der Waals surface area contributed by atoms with E-state index in [1.807, 2.05) is 0 Å². The lowest BCUT2D eigenvalue weighted by molar-refractivity contribution is 0.305. The summed E-state index contributed by atoms with van der Waals surface area (Å²) in [6, 6.07) is 3.93. The molecule has 0 amide bonds. The van der Waals surface area contributed by atoms with Crippen molar-refractivity contribution in [2.45, 2.75) is 0 Å². The number of aromatic nitrogens is 2. The third kappa shape index (κ3) is 5.16. The third-order valence-corrected chi connectivity index (χ3v) is 3.75. The molecule has 10 nitrogen and oxygen atoms in total. The normalized spacial score (nSPS) is 13.7. The van der Waals surface area contributed by atoms with Gasteiger partial charge in [0.25, 0.3) is 0 Å². The fraction of sp³-hybridized carbons (Fsp3) is 0.214. The first-order valence-electron chi connectivity index (χ1n) is 7.14. The van der Waals surface area contributed by atoms with Crippen LogP contribution in [0.5, 0.6) is 0 Å². The van der Waals surface area contributed by atoms with Crippen molar-refractivity contribution >= 4 is 27.3 Å². The lowest BCUT2D eigenvalue weighted by Gasteiger charge is -2.09. The lowest BCUT2D eigenvalue weighted by Crippen LogP contribution is -2.27. The predicted octanol–water partition coefficient (Wildman–Crippen LogP) is 1.03. The van der Waals surface area contributed by atoms with Crippen molar-refractivity contribution in [1.82, 2.24) is 15.0 Å². The lowest BCUT2D eigenvalue weighted by atomic mass is 10.2. The van der Waals surface area contributed by atoms with Gasteiger partial charge >= 0.3 is 0 Å². The highest BCUT2D eigenvalue weighted by Gasteiger charge is 2.18. The monoisotopic (exact) mass is 381 g/mol. The summed E-state index contributed by atoms with van der Waals surface area (Å²) in [5.74, 6) is 1.68. The molecule has 1 aromatic carbocycles. The van der Waals surface area contributed by atoms with Crippen LogP contribution in [0.1, 0.15) is 11.3 Å². The van der Waals surface area contributed by atoms with Gasteiger partial charge in [-0.05, 0) is 28.5 Å². The minimum atomic E-state index is -2.82. The molecule has 1 aromatic heterocycles. The molecule has 1 heterocycles. The summed E-state index contributed by atoms with van der Waals surface area (Å²) >= 11 is 0. The zero-order valence-corrected chi connectivity index (χ0v) is 14.4. The Morgan fingerprint density at radius 2 is 2.27 bits per heavy atom. The van der Waals surface area contributed by atoms with Crippen molar-refractivity contribution in [3.63, 3.8) is 0 Å². The third-order valence-electron chi connectivity index (χ3n) is 2.99. The summed E-state index contributed by atoms with van der Waals surface area (Å²) in [4.78, 5) is 0. The molecule has 0 radical (unpaired) electrons. The van der Waals surface area contributed by atoms with Crippen molar-refractivity contribution in [2.75, 3.05) is 30.0 Å². The van der Waals surface area contributed by atoms with E-state index in [1.165, 1.54) is 24.5 Å². The number of benzene rings is 1. The molecule has 0 spiro atoms. The van der Waals surface area contributed by atoms with E-state index < -0.39 is 15.7 Å². The van der Waals surface area contributed by atoms with Crippen LogP contribution in [0.4, 0.5) is 15.9 Å². The van der Waals surface area contributed by atoms with Crippen LogP contribution in [0.15, 0.2) is 28.0 Å². The molecular weight excluding hydrogens is 365 g/mol. The zero-order valence-electron chi connectivity index (χ0n) is 13.6. The standard InChI is InChI=1S/C14H16FN7O3S/c1-3-9-8-10(4-5-11(9)15)19-14(20-23)12-13(22-25-21-12)17-6-7-18-26(2,16)24/h1,4-5,8,23H,6-7H2,2H3,(H,17,22)(H,19,20)(H2,16,18,24). The molecule has 1 unspecified atom stereocenters. The summed E-state index contributed by atoms with van der Waals surface area (Å²) in [6.45, 7) is 0.467. The van der Waals surface area contributed by atoms with E-state index in [1.54, 1.807) is 0 Å². The number of amidine groups is 1. The molecule has 26 heavy (non-hydrogen) atoms. The number of nitrogens with one attached hydrogen (secondary N) is 4. The molecular formula is C14H16FN7O3S. The minimum Gasteiger partial charge on any atom is -0.409 e. The molecule has 5 N–H and O–H groups in total. The summed E-state index contributed by atoms with van der Waals surface area (Å²) in [5.41, 5.74) is 0.457. The van der Waals surface area contributed by atoms with Gasteiger partial charge in [-0.3, -0.25) is 0 Å². The average molecular weight is 381 g/mol. The maximum absolute atomic E-state index is 13.4. The molecule has 2 aromatic rings. The number of halogens is 1. The Bertz CT molecular complexity index is 950. The van der Waals surface area contributed by atoms with Gasteiger partial charge < -0.3 is 15.8 Å². The number of hydrogen-bond donors (Lipinski definition) is 5. The summed E-state index contributed by atoms with van der Waals surface area (Å²) in [5, 5.41) is 25.2. The van der Waals surface area contributed by atoms with Gasteiger partial charge in [0.05, 0.1) is 5.56 Å². The van der Waals surface area contributed by atoms with Crippen molar-refractivity contribution < 1.29 is 18.4 Å². The van der Waals surface area contributed by atoms with Gasteiger partial charge in [-0.25, -0.2) is 22.7 Å². The van der Waals surface area contributed by atoms with Crippen LogP contribution in [0.3, 0.4) is 0 Å². The van der Waals surface area contributed by atoms with E-state index in [0.717, 1.165) is 0 Å². The fourth-order valence-electron chi connectivity index (χ4n) is 1.87. The van der Waals surface area contributed by atoms with E-state index in [9.17, 15) is 13.8 Å². The summed E-state index contributed by atoms with van der Waals surface area (Å²) in [7, 11) is -2.82. The van der Waals surface area contributed by atoms with Crippen LogP contribution in [-0.4, -0.2) is 44.9 Å². The second kappa shape index (κ2) is 8.28. The molecule has 0 aliphatic heterocycles. The van der Waals surface area contributed by atoms with Crippen LogP contribution >= 0.6 is 0 Å². The number of hydrogen-bond acceptors (Lipinski definition) is 8. The van der Waals surface area contributed by atoms with Crippen LogP contribution in [0.25, 0.3) is 0 Å². The van der Waals surface area contributed by atoms with Crippen LogP contribution in [0, 0.1) is 22.9 Å². The minimum absolute atomic E-state index is 0.0357. The highest BCUT2D eigenvalue weighted by atomic mass is 32.2. The summed E-state index contributed by atoms with van der Waals surface area (Å²) in [6.07, 6.45) is 6.47. The Balaban J connectivity index is 2.09. The van der Waals surface area contributed by atoms with E-state index >= 15 is 0 Å². The maximum Gasteiger partial charge on any atom is 0.203 e. The van der Waals surface area contributed by atoms with Crippen LogP contribution in [-0.2, 0) is 9.92 Å². The molecule has 2 rings (SSSR count). The Hall–Kier alpha value is -3.17. The SMILES string of the molecule is C#Cc1cc(N/C(=N\O)c2nonc2NCCNS(C)(=N)=O)ccc1F. The van der Waals surface area contributed by atoms with Crippen molar-refractivity contribution in [3.8, 4) is 12.3 Å². The molecule has 0 aliphatic rings. The summed E-state index contributed by atoms with van der Waals surface area (Å²) < 4.78 is 39.0. The quantitative estimate of drug-likeness (QED) is 0.120. The van der Waals surface area contributed by atoms with Crippen molar-refractivity contribution in [2.24, 2.45) is 5.16 Å². The Morgan fingerprint density at radius 1 is 1.50 bits per heavy atom. The Labute approximate surface area is 148 Å². The highest BCUT2D eigenvalue weighted by Crippen LogP contribution is 2.17. The first-order valence-corrected chi connectivity index (χ1v) is 9.11. The van der Waals surface area contributed by atoms with E-state index in [-0.39, 0.29) is 36.0 Å². The van der Waals surface area contributed by atoms with Crippen molar-refractivity contribution in [1.29, 1.82) is 4.78 Å². The van der Waals surface area contributed by atoms with Gasteiger partial charge in [-0.2, -0.15) is 0 Å². The van der Waals surface area contributed by atoms with Crippen molar-refractivity contribution in [3.05, 3.63) is 35.3 Å². The molecule has 1 atom stereocenters. The predicted molar refractivity (Wildman–Crippen MR) is 93.9 cm³/mol. The highest BCUT2D eigenvalue weighted by molar-refractivity contribution is 7.89. The van der Waals surface area contributed by atoms with E-state index in [2.05, 4.69) is 41.4 Å². The largest absolute Gasteiger partial charge is 0.409 e.